The number of ether oxygens (including phenoxy) is 1. The molecule has 1 aliphatic heterocycles. The standard InChI is InChI=1S/C22H26N6O3S/c1-13(2)31-20-5-4-15(8-16(20)9-23)21-24-25-22(32-21)28-14(3)18-11-27(10-17(30)12-29)7-6-19(18)26-28/h4-5,8,13,17,29-30H,6-7,10-12H2,1-3H3. The van der Waals surface area contributed by atoms with Crippen LogP contribution in [0.2, 0.25) is 0 Å². The number of nitriles is 1. The fourth-order valence-corrected chi connectivity index (χ4v) is 4.63. The Morgan fingerprint density at radius 2 is 2.12 bits per heavy atom. The van der Waals surface area contributed by atoms with Gasteiger partial charge >= 0.3 is 0 Å². The van der Waals surface area contributed by atoms with Crippen LogP contribution in [-0.4, -0.2) is 67.0 Å². The van der Waals surface area contributed by atoms with Gasteiger partial charge in [-0.25, -0.2) is 4.68 Å². The van der Waals surface area contributed by atoms with Gasteiger partial charge in [-0.15, -0.1) is 10.2 Å². The van der Waals surface area contributed by atoms with Crippen molar-refractivity contribution in [3.63, 3.8) is 0 Å². The molecule has 1 aromatic carbocycles. The lowest BCUT2D eigenvalue weighted by atomic mass is 10.1. The molecule has 0 aliphatic carbocycles. The van der Waals surface area contributed by atoms with Gasteiger partial charge in [0.25, 0.3) is 0 Å². The van der Waals surface area contributed by atoms with Gasteiger partial charge < -0.3 is 14.9 Å². The average molecular weight is 455 g/mol. The van der Waals surface area contributed by atoms with Gasteiger partial charge in [-0.3, -0.25) is 4.90 Å². The molecule has 0 radical (unpaired) electrons. The molecule has 0 amide bonds. The smallest absolute Gasteiger partial charge is 0.233 e. The van der Waals surface area contributed by atoms with E-state index in [2.05, 4.69) is 21.2 Å². The minimum atomic E-state index is -0.742. The minimum Gasteiger partial charge on any atom is -0.490 e. The van der Waals surface area contributed by atoms with Crippen LogP contribution in [0.15, 0.2) is 18.2 Å². The van der Waals surface area contributed by atoms with Crippen LogP contribution in [0.1, 0.15) is 36.4 Å². The first-order valence-corrected chi connectivity index (χ1v) is 11.3. The number of rotatable bonds is 7. The second kappa shape index (κ2) is 9.34. The summed E-state index contributed by atoms with van der Waals surface area (Å²) in [4.78, 5) is 2.12. The Kier molecular flexibility index (Phi) is 6.53. The quantitative estimate of drug-likeness (QED) is 0.557. The van der Waals surface area contributed by atoms with Gasteiger partial charge in [0.1, 0.15) is 16.8 Å². The Hall–Kier alpha value is -2.84. The Labute approximate surface area is 190 Å². The Morgan fingerprint density at radius 3 is 2.84 bits per heavy atom. The predicted molar refractivity (Wildman–Crippen MR) is 120 cm³/mol. The fourth-order valence-electron chi connectivity index (χ4n) is 3.79. The number of aliphatic hydroxyl groups excluding tert-OH is 2. The Balaban J connectivity index is 1.58. The molecule has 0 bridgehead atoms. The molecule has 1 unspecified atom stereocenters. The topological polar surface area (TPSA) is 120 Å². The maximum absolute atomic E-state index is 9.76. The van der Waals surface area contributed by atoms with Crippen LogP contribution in [0.25, 0.3) is 15.7 Å². The lowest BCUT2D eigenvalue weighted by molar-refractivity contribution is 0.0549. The lowest BCUT2D eigenvalue weighted by Crippen LogP contribution is -2.37. The molecule has 9 nitrogen and oxygen atoms in total. The molecule has 1 atom stereocenters. The van der Waals surface area contributed by atoms with E-state index < -0.39 is 6.10 Å². The zero-order valence-electron chi connectivity index (χ0n) is 18.3. The minimum absolute atomic E-state index is 0.0160. The van der Waals surface area contributed by atoms with Gasteiger partial charge in [-0.2, -0.15) is 10.4 Å². The van der Waals surface area contributed by atoms with E-state index in [1.807, 2.05) is 31.5 Å². The van der Waals surface area contributed by atoms with E-state index in [4.69, 9.17) is 14.9 Å². The first-order valence-electron chi connectivity index (χ1n) is 10.5. The summed E-state index contributed by atoms with van der Waals surface area (Å²) in [6, 6.07) is 7.64. The number of nitrogens with zero attached hydrogens (tertiary/aromatic N) is 6. The van der Waals surface area contributed by atoms with E-state index in [1.54, 1.807) is 12.1 Å². The summed E-state index contributed by atoms with van der Waals surface area (Å²) in [7, 11) is 0. The maximum Gasteiger partial charge on any atom is 0.233 e. The number of aliphatic hydroxyl groups is 2. The van der Waals surface area contributed by atoms with Crippen LogP contribution in [0.4, 0.5) is 0 Å². The number of benzene rings is 1. The summed E-state index contributed by atoms with van der Waals surface area (Å²) in [6.45, 7) is 7.49. The van der Waals surface area contributed by atoms with Gasteiger partial charge in [-0.1, -0.05) is 11.3 Å². The molecule has 3 aromatic rings. The van der Waals surface area contributed by atoms with Crippen molar-refractivity contribution in [1.82, 2.24) is 24.9 Å². The first kappa shape index (κ1) is 22.4. The van der Waals surface area contributed by atoms with E-state index in [0.29, 0.717) is 34.5 Å². The molecule has 4 rings (SSSR count). The third kappa shape index (κ3) is 4.52. The van der Waals surface area contributed by atoms with E-state index >= 15 is 0 Å². The summed E-state index contributed by atoms with van der Waals surface area (Å²) in [5.41, 5.74) is 4.41. The maximum atomic E-state index is 9.76. The molecule has 0 spiro atoms. The second-order valence-electron chi connectivity index (χ2n) is 8.12. The SMILES string of the molecule is Cc1c2c(nn1-c1nnc(-c3ccc(OC(C)C)c(C#N)c3)s1)CCN(CC(O)CO)C2. The van der Waals surface area contributed by atoms with Gasteiger partial charge in [0.05, 0.1) is 30.1 Å². The van der Waals surface area contributed by atoms with E-state index in [-0.39, 0.29) is 12.7 Å². The third-order valence-electron chi connectivity index (χ3n) is 5.35. The highest BCUT2D eigenvalue weighted by molar-refractivity contribution is 7.17. The lowest BCUT2D eigenvalue weighted by Gasteiger charge is -2.27. The molecule has 2 aromatic heterocycles. The highest BCUT2D eigenvalue weighted by atomic mass is 32.1. The van der Waals surface area contributed by atoms with Crippen molar-refractivity contribution in [3.05, 3.63) is 40.7 Å². The monoisotopic (exact) mass is 454 g/mol. The summed E-state index contributed by atoms with van der Waals surface area (Å²) >= 11 is 1.41. The number of β-amino-alcohol motifs (C(OH)–C–C–N with tert-alkyl or cyclic N) is 1. The van der Waals surface area contributed by atoms with Crippen LogP contribution >= 0.6 is 11.3 Å². The zero-order valence-corrected chi connectivity index (χ0v) is 19.1. The van der Waals surface area contributed by atoms with Crippen LogP contribution in [0.3, 0.4) is 0 Å². The van der Waals surface area contributed by atoms with Crippen LogP contribution in [0.5, 0.6) is 5.75 Å². The van der Waals surface area contributed by atoms with Gasteiger partial charge in [0, 0.05) is 42.9 Å². The van der Waals surface area contributed by atoms with Crippen LogP contribution < -0.4 is 4.74 Å². The molecule has 2 N–H and O–H groups in total. The second-order valence-corrected chi connectivity index (χ2v) is 9.08. The zero-order chi connectivity index (χ0) is 22.8. The van der Waals surface area contributed by atoms with E-state index in [0.717, 1.165) is 35.5 Å². The van der Waals surface area contributed by atoms with Crippen molar-refractivity contribution in [3.8, 4) is 27.5 Å². The average Bonchev–Trinajstić information content (AvgIpc) is 3.38. The molecule has 0 fully saturated rings. The highest BCUT2D eigenvalue weighted by Gasteiger charge is 2.25. The molecule has 3 heterocycles. The molecule has 168 valence electrons. The summed E-state index contributed by atoms with van der Waals surface area (Å²) in [5.74, 6) is 0.558. The number of hydrogen-bond acceptors (Lipinski definition) is 9. The first-order chi connectivity index (χ1) is 15.4. The van der Waals surface area contributed by atoms with Crippen molar-refractivity contribution in [2.24, 2.45) is 0 Å². The normalized spacial score (nSPS) is 14.9. The highest BCUT2D eigenvalue weighted by Crippen LogP contribution is 2.31. The van der Waals surface area contributed by atoms with Crippen molar-refractivity contribution >= 4 is 11.3 Å². The van der Waals surface area contributed by atoms with Gasteiger partial charge in [0.15, 0.2) is 0 Å². The number of hydrogen-bond donors (Lipinski definition) is 2. The van der Waals surface area contributed by atoms with Crippen molar-refractivity contribution in [1.29, 1.82) is 5.26 Å². The van der Waals surface area contributed by atoms with Crippen molar-refractivity contribution in [2.75, 3.05) is 19.7 Å². The summed E-state index contributed by atoms with van der Waals surface area (Å²) < 4.78 is 7.52. The van der Waals surface area contributed by atoms with Gasteiger partial charge in [0.2, 0.25) is 5.13 Å². The van der Waals surface area contributed by atoms with Crippen LogP contribution in [-0.2, 0) is 13.0 Å². The number of aromatic nitrogens is 4. The molecular weight excluding hydrogens is 428 g/mol. The summed E-state index contributed by atoms with van der Waals surface area (Å²) in [6.07, 6.45) is 0.0153. The van der Waals surface area contributed by atoms with E-state index in [1.165, 1.54) is 11.3 Å². The predicted octanol–water partition coefficient (Wildman–Crippen LogP) is 2.07. The molecule has 0 saturated heterocycles. The van der Waals surface area contributed by atoms with Crippen LogP contribution in [0, 0.1) is 18.3 Å². The number of fused-ring (bicyclic) bond motifs is 1. The Bertz CT molecular complexity index is 1150. The van der Waals surface area contributed by atoms with Gasteiger partial charge in [-0.05, 0) is 39.0 Å². The molecule has 1 aliphatic rings. The fraction of sp³-hybridized carbons (Fsp3) is 0.455. The summed E-state index contributed by atoms with van der Waals surface area (Å²) in [5, 5.41) is 43.2. The molecule has 10 heteroatoms. The molecular formula is C22H26N6O3S. The van der Waals surface area contributed by atoms with Crippen molar-refractivity contribution < 1.29 is 14.9 Å². The molecule has 0 saturated carbocycles. The largest absolute Gasteiger partial charge is 0.490 e. The Morgan fingerprint density at radius 1 is 1.31 bits per heavy atom. The van der Waals surface area contributed by atoms with E-state index in [9.17, 15) is 10.4 Å². The van der Waals surface area contributed by atoms with Crippen molar-refractivity contribution in [2.45, 2.75) is 45.9 Å². The third-order valence-corrected chi connectivity index (χ3v) is 6.30. The molecule has 32 heavy (non-hydrogen) atoms.